The molecule has 0 radical (unpaired) electrons. The largest absolute Gasteiger partial charge is 0.490 e. The van der Waals surface area contributed by atoms with Crippen LogP contribution in [0, 0.1) is 17.0 Å². The van der Waals surface area contributed by atoms with E-state index in [1.165, 1.54) is 19.2 Å². The Bertz CT molecular complexity index is 764. The third-order valence-electron chi connectivity index (χ3n) is 3.13. The lowest BCUT2D eigenvalue weighted by Gasteiger charge is -2.10. The molecule has 0 unspecified atom stereocenters. The van der Waals surface area contributed by atoms with Crippen LogP contribution in [0.1, 0.15) is 15.9 Å². The fourth-order valence-electron chi connectivity index (χ4n) is 1.85. The standard InChI is InChI=1S/C15H14ClN3O4/c1-9-3-5-11(8-12(9)16)17-18-15(20)10-4-6-14(23-2)13(7-10)19(21)22/h3-8,17H,1-2H3,(H,18,20). The predicted molar refractivity (Wildman–Crippen MR) is 86.9 cm³/mol. The number of rotatable bonds is 5. The van der Waals surface area contributed by atoms with Gasteiger partial charge in [0.15, 0.2) is 5.75 Å². The van der Waals surface area contributed by atoms with Gasteiger partial charge in [0.1, 0.15) is 0 Å². The minimum atomic E-state index is -0.608. The summed E-state index contributed by atoms with van der Waals surface area (Å²) < 4.78 is 4.89. The Balaban J connectivity index is 2.13. The lowest BCUT2D eigenvalue weighted by molar-refractivity contribution is -0.385. The molecular formula is C15H14ClN3O4. The van der Waals surface area contributed by atoms with Gasteiger partial charge in [-0.3, -0.25) is 25.8 Å². The van der Waals surface area contributed by atoms with E-state index in [4.69, 9.17) is 16.3 Å². The van der Waals surface area contributed by atoms with Crippen LogP contribution < -0.4 is 15.6 Å². The molecule has 0 saturated heterocycles. The van der Waals surface area contributed by atoms with Crippen LogP contribution in [0.5, 0.6) is 5.75 Å². The van der Waals surface area contributed by atoms with E-state index < -0.39 is 10.8 Å². The number of amides is 1. The van der Waals surface area contributed by atoms with Gasteiger partial charge in [-0.1, -0.05) is 17.7 Å². The van der Waals surface area contributed by atoms with E-state index in [2.05, 4.69) is 10.9 Å². The van der Waals surface area contributed by atoms with Crippen molar-refractivity contribution in [1.82, 2.24) is 5.43 Å². The van der Waals surface area contributed by atoms with Gasteiger partial charge < -0.3 is 4.74 Å². The summed E-state index contributed by atoms with van der Waals surface area (Å²) in [4.78, 5) is 22.4. The molecule has 0 spiro atoms. The summed E-state index contributed by atoms with van der Waals surface area (Å²) in [6, 6.07) is 9.17. The summed E-state index contributed by atoms with van der Waals surface area (Å²) >= 11 is 5.99. The monoisotopic (exact) mass is 335 g/mol. The molecule has 0 heterocycles. The number of hydrogen-bond donors (Lipinski definition) is 2. The van der Waals surface area contributed by atoms with E-state index in [9.17, 15) is 14.9 Å². The number of anilines is 1. The van der Waals surface area contributed by atoms with E-state index in [1.807, 2.05) is 6.92 Å². The number of benzene rings is 2. The molecule has 0 bridgehead atoms. The molecule has 2 aromatic carbocycles. The number of nitro groups is 1. The zero-order valence-corrected chi connectivity index (χ0v) is 13.2. The van der Waals surface area contributed by atoms with E-state index >= 15 is 0 Å². The molecule has 120 valence electrons. The fourth-order valence-corrected chi connectivity index (χ4v) is 2.03. The third-order valence-corrected chi connectivity index (χ3v) is 3.54. The van der Waals surface area contributed by atoms with Crippen molar-refractivity contribution in [2.45, 2.75) is 6.92 Å². The number of hydrogen-bond acceptors (Lipinski definition) is 5. The number of halogens is 1. The first kappa shape index (κ1) is 16.6. The summed E-state index contributed by atoms with van der Waals surface area (Å²) in [5.74, 6) is -0.433. The molecule has 0 aliphatic rings. The van der Waals surface area contributed by atoms with E-state index in [0.29, 0.717) is 10.7 Å². The van der Waals surface area contributed by atoms with Crippen LogP contribution in [-0.2, 0) is 0 Å². The Kier molecular flexibility index (Phi) is 5.02. The molecular weight excluding hydrogens is 322 g/mol. The second kappa shape index (κ2) is 6.97. The highest BCUT2D eigenvalue weighted by Gasteiger charge is 2.18. The average Bonchev–Trinajstić information content (AvgIpc) is 2.54. The van der Waals surface area contributed by atoms with Gasteiger partial charge in [0.25, 0.3) is 5.91 Å². The molecule has 0 aromatic heterocycles. The van der Waals surface area contributed by atoms with Gasteiger partial charge in [-0.2, -0.15) is 0 Å². The molecule has 8 heteroatoms. The molecule has 2 aromatic rings. The second-order valence-corrected chi connectivity index (χ2v) is 5.09. The third kappa shape index (κ3) is 3.89. The van der Waals surface area contributed by atoms with E-state index in [1.54, 1.807) is 18.2 Å². The van der Waals surface area contributed by atoms with Crippen molar-refractivity contribution < 1.29 is 14.5 Å². The van der Waals surface area contributed by atoms with Crippen molar-refractivity contribution in [2.75, 3.05) is 12.5 Å². The zero-order valence-electron chi connectivity index (χ0n) is 12.4. The predicted octanol–water partition coefficient (Wildman–Crippen LogP) is 3.32. The molecule has 0 aliphatic carbocycles. The van der Waals surface area contributed by atoms with Gasteiger partial charge in [-0.15, -0.1) is 0 Å². The Hall–Kier alpha value is -2.80. The SMILES string of the molecule is COc1ccc(C(=O)NNc2ccc(C)c(Cl)c2)cc1[N+](=O)[O-]. The molecule has 0 fully saturated rings. The average molecular weight is 336 g/mol. The first-order chi connectivity index (χ1) is 10.9. The minimum Gasteiger partial charge on any atom is -0.490 e. The van der Waals surface area contributed by atoms with Crippen LogP contribution in [0.4, 0.5) is 11.4 Å². The molecule has 23 heavy (non-hydrogen) atoms. The highest BCUT2D eigenvalue weighted by molar-refractivity contribution is 6.31. The Morgan fingerprint density at radius 2 is 2.00 bits per heavy atom. The lowest BCUT2D eigenvalue weighted by Crippen LogP contribution is -2.29. The maximum atomic E-state index is 12.1. The zero-order chi connectivity index (χ0) is 17.0. The molecule has 2 N–H and O–H groups in total. The van der Waals surface area contributed by atoms with Crippen molar-refractivity contribution in [2.24, 2.45) is 0 Å². The molecule has 7 nitrogen and oxygen atoms in total. The van der Waals surface area contributed by atoms with Crippen LogP contribution in [0.2, 0.25) is 5.02 Å². The summed E-state index contributed by atoms with van der Waals surface area (Å²) in [6.07, 6.45) is 0. The Morgan fingerprint density at radius 1 is 1.26 bits per heavy atom. The number of ether oxygens (including phenoxy) is 1. The number of nitrogens with one attached hydrogen (secondary N) is 2. The van der Waals surface area contributed by atoms with Gasteiger partial charge in [0.2, 0.25) is 0 Å². The number of nitrogens with zero attached hydrogens (tertiary/aromatic N) is 1. The molecule has 2 rings (SSSR count). The molecule has 0 saturated carbocycles. The summed E-state index contributed by atoms with van der Waals surface area (Å²) in [5.41, 5.74) is 6.51. The van der Waals surface area contributed by atoms with Crippen molar-refractivity contribution >= 4 is 28.9 Å². The van der Waals surface area contributed by atoms with E-state index in [-0.39, 0.29) is 17.0 Å². The Labute approximate surface area is 137 Å². The summed E-state index contributed by atoms with van der Waals surface area (Å²) in [6.45, 7) is 1.86. The van der Waals surface area contributed by atoms with E-state index in [0.717, 1.165) is 11.6 Å². The van der Waals surface area contributed by atoms with Crippen molar-refractivity contribution in [1.29, 1.82) is 0 Å². The summed E-state index contributed by atoms with van der Waals surface area (Å²) in [7, 11) is 1.32. The van der Waals surface area contributed by atoms with Crippen molar-refractivity contribution in [3.8, 4) is 5.75 Å². The van der Waals surface area contributed by atoms with Gasteiger partial charge in [0.05, 0.1) is 17.7 Å². The smallest absolute Gasteiger partial charge is 0.311 e. The highest BCUT2D eigenvalue weighted by atomic mass is 35.5. The minimum absolute atomic E-state index is 0.0878. The van der Waals surface area contributed by atoms with Gasteiger partial charge >= 0.3 is 5.69 Å². The normalized spacial score (nSPS) is 10.0. The maximum absolute atomic E-state index is 12.1. The number of carbonyl (C=O) groups is 1. The van der Waals surface area contributed by atoms with Gasteiger partial charge in [0, 0.05) is 16.7 Å². The van der Waals surface area contributed by atoms with Gasteiger partial charge in [-0.05, 0) is 36.8 Å². The topological polar surface area (TPSA) is 93.5 Å². The van der Waals surface area contributed by atoms with Crippen LogP contribution in [0.15, 0.2) is 36.4 Å². The molecule has 1 amide bonds. The van der Waals surface area contributed by atoms with Crippen LogP contribution in [-0.4, -0.2) is 17.9 Å². The highest BCUT2D eigenvalue weighted by Crippen LogP contribution is 2.27. The first-order valence-electron chi connectivity index (χ1n) is 6.57. The number of aryl methyl sites for hydroxylation is 1. The first-order valence-corrected chi connectivity index (χ1v) is 6.95. The maximum Gasteiger partial charge on any atom is 0.311 e. The van der Waals surface area contributed by atoms with Crippen LogP contribution in [0.3, 0.4) is 0 Å². The lowest BCUT2D eigenvalue weighted by atomic mass is 10.2. The van der Waals surface area contributed by atoms with Crippen molar-refractivity contribution in [3.63, 3.8) is 0 Å². The van der Waals surface area contributed by atoms with Gasteiger partial charge in [-0.25, -0.2) is 0 Å². The molecule has 0 atom stereocenters. The number of methoxy groups -OCH3 is 1. The Morgan fingerprint density at radius 3 is 2.61 bits per heavy atom. The van der Waals surface area contributed by atoms with Crippen molar-refractivity contribution in [3.05, 3.63) is 62.7 Å². The second-order valence-electron chi connectivity index (χ2n) is 4.69. The quantitative estimate of drug-likeness (QED) is 0.645. The number of carbonyl (C=O) groups excluding carboxylic acids is 1. The summed E-state index contributed by atoms with van der Waals surface area (Å²) in [5, 5.41) is 11.5. The fraction of sp³-hybridized carbons (Fsp3) is 0.133. The number of hydrazine groups is 1. The number of nitro benzene ring substituents is 1. The molecule has 0 aliphatic heterocycles. The van der Waals surface area contributed by atoms with Crippen LogP contribution in [0.25, 0.3) is 0 Å². The van der Waals surface area contributed by atoms with Crippen LogP contribution >= 0.6 is 11.6 Å².